The highest BCUT2D eigenvalue weighted by Gasteiger charge is 2.22. The van der Waals surface area contributed by atoms with Crippen LogP contribution in [-0.4, -0.2) is 38.5 Å². The molecule has 0 N–H and O–H groups in total. The van der Waals surface area contributed by atoms with Crippen LogP contribution in [0.2, 0.25) is 5.15 Å². The zero-order valence-corrected chi connectivity index (χ0v) is 12.5. The first-order valence-corrected chi connectivity index (χ1v) is 6.57. The van der Waals surface area contributed by atoms with E-state index < -0.39 is 0 Å². The minimum Gasteiger partial charge on any atom is -0.338 e. The van der Waals surface area contributed by atoms with Crippen molar-refractivity contribution < 1.29 is 4.79 Å². The number of halogens is 2. The average Bonchev–Trinajstić information content (AvgIpc) is 2.65. The summed E-state index contributed by atoms with van der Waals surface area (Å²) in [5.74, 6) is -0.154. The van der Waals surface area contributed by atoms with Crippen molar-refractivity contribution in [1.82, 2.24) is 19.5 Å². The lowest BCUT2D eigenvalue weighted by Crippen LogP contribution is -2.33. The van der Waals surface area contributed by atoms with Crippen LogP contribution in [0.3, 0.4) is 0 Å². The molecular weight excluding hydrogens is 320 g/mol. The Balaban J connectivity index is 2.52. The van der Waals surface area contributed by atoms with Crippen molar-refractivity contribution in [3.8, 4) is 0 Å². The summed E-state index contributed by atoms with van der Waals surface area (Å²) in [6.45, 7) is 3.88. The first-order valence-electron chi connectivity index (χ1n) is 5.39. The largest absolute Gasteiger partial charge is 0.338 e. The summed E-state index contributed by atoms with van der Waals surface area (Å²) in [6, 6.07) is 3.45. The maximum absolute atomic E-state index is 12.2. The average molecular weight is 332 g/mol. The van der Waals surface area contributed by atoms with Gasteiger partial charge in [0, 0.05) is 13.1 Å². The zero-order valence-electron chi connectivity index (χ0n) is 10.2. The maximum atomic E-state index is 12.2. The first kappa shape index (κ1) is 13.3. The van der Waals surface area contributed by atoms with Crippen molar-refractivity contribution in [2.24, 2.45) is 0 Å². The van der Waals surface area contributed by atoms with E-state index in [0.717, 1.165) is 0 Å². The topological polar surface area (TPSA) is 50.5 Å². The molecule has 96 valence electrons. The van der Waals surface area contributed by atoms with E-state index in [9.17, 15) is 4.79 Å². The molecule has 0 radical (unpaired) electrons. The van der Waals surface area contributed by atoms with Crippen LogP contribution in [0.4, 0.5) is 0 Å². The van der Waals surface area contributed by atoms with Crippen molar-refractivity contribution in [2.45, 2.75) is 19.9 Å². The lowest BCUT2D eigenvalue weighted by Gasteiger charge is -2.20. The molecule has 0 spiro atoms. The molecule has 2 aromatic rings. The molecule has 0 unspecified atom stereocenters. The Kier molecular flexibility index (Phi) is 3.59. The van der Waals surface area contributed by atoms with E-state index in [1.54, 1.807) is 24.1 Å². The number of hydrogen-bond acceptors (Lipinski definition) is 3. The molecule has 2 heterocycles. The standard InChI is InChI=1S/C11H12BrClN4O/c1-6(2)16(3)11(18)9-10(12)17-8(14-9)5-4-7(13)15-17/h4-6H,1-3H3. The number of aromatic nitrogens is 3. The fourth-order valence-electron chi connectivity index (χ4n) is 1.42. The van der Waals surface area contributed by atoms with Gasteiger partial charge in [0.1, 0.15) is 9.76 Å². The molecule has 18 heavy (non-hydrogen) atoms. The molecule has 0 aliphatic carbocycles. The molecule has 2 rings (SSSR count). The number of carbonyl (C=O) groups excluding carboxylic acids is 1. The summed E-state index contributed by atoms with van der Waals surface area (Å²) >= 11 is 9.15. The fourth-order valence-corrected chi connectivity index (χ4v) is 2.08. The smallest absolute Gasteiger partial charge is 0.275 e. The van der Waals surface area contributed by atoms with E-state index in [1.807, 2.05) is 13.8 Å². The van der Waals surface area contributed by atoms with Gasteiger partial charge in [-0.3, -0.25) is 4.79 Å². The van der Waals surface area contributed by atoms with E-state index in [0.29, 0.717) is 21.1 Å². The van der Waals surface area contributed by atoms with Gasteiger partial charge in [0.25, 0.3) is 5.91 Å². The highest BCUT2D eigenvalue weighted by molar-refractivity contribution is 9.10. The van der Waals surface area contributed by atoms with Crippen molar-refractivity contribution in [2.75, 3.05) is 7.05 Å². The van der Waals surface area contributed by atoms with Crippen LogP contribution < -0.4 is 0 Å². The first-order chi connectivity index (χ1) is 8.41. The van der Waals surface area contributed by atoms with Gasteiger partial charge >= 0.3 is 0 Å². The molecule has 0 bridgehead atoms. The third-order valence-electron chi connectivity index (χ3n) is 2.69. The number of fused-ring (bicyclic) bond motifs is 1. The Labute approximate surface area is 118 Å². The van der Waals surface area contributed by atoms with Gasteiger partial charge in [-0.05, 0) is 41.9 Å². The third-order valence-corrected chi connectivity index (χ3v) is 3.60. The molecule has 0 fully saturated rings. The summed E-state index contributed by atoms with van der Waals surface area (Å²) in [6.07, 6.45) is 0. The summed E-state index contributed by atoms with van der Waals surface area (Å²) < 4.78 is 2.02. The number of rotatable bonds is 2. The van der Waals surface area contributed by atoms with Crippen molar-refractivity contribution in [1.29, 1.82) is 0 Å². The molecule has 7 heteroatoms. The van der Waals surface area contributed by atoms with Gasteiger partial charge in [-0.15, -0.1) is 0 Å². The van der Waals surface area contributed by atoms with Crippen LogP contribution in [0.5, 0.6) is 0 Å². The Morgan fingerprint density at radius 3 is 2.78 bits per heavy atom. The molecule has 5 nitrogen and oxygen atoms in total. The summed E-state index contributed by atoms with van der Waals surface area (Å²) in [5, 5.41) is 4.43. The SMILES string of the molecule is CC(C)N(C)C(=O)c1nc2ccc(Cl)nn2c1Br. The van der Waals surface area contributed by atoms with Gasteiger partial charge in [0.05, 0.1) is 0 Å². The molecule has 0 saturated heterocycles. The van der Waals surface area contributed by atoms with E-state index in [2.05, 4.69) is 26.0 Å². The molecule has 0 saturated carbocycles. The van der Waals surface area contributed by atoms with Crippen LogP contribution in [0.1, 0.15) is 24.3 Å². The van der Waals surface area contributed by atoms with E-state index in [-0.39, 0.29) is 11.9 Å². The van der Waals surface area contributed by atoms with Gasteiger partial charge in [0.15, 0.2) is 11.3 Å². The molecule has 0 aromatic carbocycles. The third kappa shape index (κ3) is 2.22. The van der Waals surface area contributed by atoms with Crippen LogP contribution in [-0.2, 0) is 0 Å². The van der Waals surface area contributed by atoms with Crippen LogP contribution in [0, 0.1) is 0 Å². The number of imidazole rings is 1. The lowest BCUT2D eigenvalue weighted by molar-refractivity contribution is 0.0748. The van der Waals surface area contributed by atoms with Gasteiger partial charge in [-0.1, -0.05) is 11.6 Å². The highest BCUT2D eigenvalue weighted by atomic mass is 79.9. The Morgan fingerprint density at radius 2 is 2.17 bits per heavy atom. The molecule has 0 aliphatic rings. The molecule has 2 aromatic heterocycles. The van der Waals surface area contributed by atoms with Gasteiger partial charge in [0.2, 0.25) is 0 Å². The quantitative estimate of drug-likeness (QED) is 0.850. The fraction of sp³-hybridized carbons (Fsp3) is 0.364. The van der Waals surface area contributed by atoms with E-state index >= 15 is 0 Å². The molecule has 0 atom stereocenters. The lowest BCUT2D eigenvalue weighted by atomic mass is 10.3. The second-order valence-corrected chi connectivity index (χ2v) is 5.33. The van der Waals surface area contributed by atoms with Crippen LogP contribution in [0.25, 0.3) is 5.65 Å². The Morgan fingerprint density at radius 1 is 1.50 bits per heavy atom. The van der Waals surface area contributed by atoms with Crippen molar-refractivity contribution in [3.05, 3.63) is 27.6 Å². The Bertz CT molecular complexity index is 610. The van der Waals surface area contributed by atoms with Gasteiger partial charge < -0.3 is 4.90 Å². The number of hydrogen-bond donors (Lipinski definition) is 0. The van der Waals surface area contributed by atoms with Gasteiger partial charge in [-0.25, -0.2) is 9.50 Å². The van der Waals surface area contributed by atoms with Crippen molar-refractivity contribution in [3.63, 3.8) is 0 Å². The van der Waals surface area contributed by atoms with Crippen molar-refractivity contribution >= 4 is 39.1 Å². The molecule has 1 amide bonds. The predicted octanol–water partition coefficient (Wildman–Crippen LogP) is 2.63. The molecular formula is C11H12BrClN4O. The minimum atomic E-state index is -0.154. The zero-order chi connectivity index (χ0) is 13.4. The number of amides is 1. The Hall–Kier alpha value is -1.14. The van der Waals surface area contributed by atoms with Gasteiger partial charge in [-0.2, -0.15) is 5.10 Å². The minimum absolute atomic E-state index is 0.103. The van der Waals surface area contributed by atoms with E-state index in [4.69, 9.17) is 11.6 Å². The molecule has 0 aliphatic heterocycles. The van der Waals surface area contributed by atoms with E-state index in [1.165, 1.54) is 4.52 Å². The van der Waals surface area contributed by atoms with Crippen LogP contribution >= 0.6 is 27.5 Å². The second kappa shape index (κ2) is 4.85. The summed E-state index contributed by atoms with van der Waals surface area (Å²) in [7, 11) is 1.74. The summed E-state index contributed by atoms with van der Waals surface area (Å²) in [5.41, 5.74) is 0.910. The second-order valence-electron chi connectivity index (χ2n) is 4.19. The summed E-state index contributed by atoms with van der Waals surface area (Å²) in [4.78, 5) is 18.1. The maximum Gasteiger partial charge on any atom is 0.275 e. The number of nitrogens with zero attached hydrogens (tertiary/aromatic N) is 4. The normalized spacial score (nSPS) is 11.2. The highest BCUT2D eigenvalue weighted by Crippen LogP contribution is 2.21. The predicted molar refractivity (Wildman–Crippen MR) is 72.9 cm³/mol. The monoisotopic (exact) mass is 330 g/mol. The number of carbonyl (C=O) groups is 1. The van der Waals surface area contributed by atoms with Crippen LogP contribution in [0.15, 0.2) is 16.7 Å².